The molecule has 2 aliphatic rings. The summed E-state index contributed by atoms with van der Waals surface area (Å²) in [5, 5.41) is 8.85. The number of hydrogen-bond acceptors (Lipinski definition) is 3. The highest BCUT2D eigenvalue weighted by Crippen LogP contribution is 2.33. The van der Waals surface area contributed by atoms with Crippen LogP contribution in [0.4, 0.5) is 0 Å². The lowest BCUT2D eigenvalue weighted by Gasteiger charge is -2.45. The molecule has 92 valence electrons. The molecule has 1 N–H and O–H groups in total. The van der Waals surface area contributed by atoms with Gasteiger partial charge in [0.1, 0.15) is 0 Å². The van der Waals surface area contributed by atoms with Crippen LogP contribution in [0.5, 0.6) is 0 Å². The molecular formula is C12H22N2O2. The maximum absolute atomic E-state index is 10.7. The van der Waals surface area contributed by atoms with Crippen LogP contribution in [0, 0.1) is 5.92 Å². The minimum atomic E-state index is -0.618. The molecule has 1 heterocycles. The van der Waals surface area contributed by atoms with Gasteiger partial charge in [-0.25, -0.2) is 0 Å². The van der Waals surface area contributed by atoms with E-state index in [1.54, 1.807) is 0 Å². The molecule has 4 heteroatoms. The Bertz CT molecular complexity index is 256. The van der Waals surface area contributed by atoms with E-state index in [4.69, 9.17) is 5.11 Å². The Kier molecular flexibility index (Phi) is 3.50. The Balaban J connectivity index is 1.77. The SMILES string of the molecule is CN1CCC(N(C)C2CC(C(=O)O)C2)CC1. The zero-order valence-electron chi connectivity index (χ0n) is 10.2. The fourth-order valence-electron chi connectivity index (χ4n) is 2.82. The monoisotopic (exact) mass is 226 g/mol. The molecule has 16 heavy (non-hydrogen) atoms. The summed E-state index contributed by atoms with van der Waals surface area (Å²) >= 11 is 0. The van der Waals surface area contributed by atoms with Crippen molar-refractivity contribution < 1.29 is 9.90 Å². The number of rotatable bonds is 3. The summed E-state index contributed by atoms with van der Waals surface area (Å²) in [4.78, 5) is 15.5. The molecule has 0 radical (unpaired) electrons. The summed E-state index contributed by atoms with van der Waals surface area (Å²) < 4.78 is 0. The molecule has 0 aromatic heterocycles. The number of likely N-dealkylation sites (tertiary alicyclic amines) is 1. The van der Waals surface area contributed by atoms with E-state index in [2.05, 4.69) is 23.9 Å². The predicted molar refractivity (Wildman–Crippen MR) is 62.4 cm³/mol. The van der Waals surface area contributed by atoms with Gasteiger partial charge >= 0.3 is 5.97 Å². The highest BCUT2D eigenvalue weighted by molar-refractivity contribution is 5.71. The molecule has 2 fully saturated rings. The number of piperidine rings is 1. The van der Waals surface area contributed by atoms with Crippen molar-refractivity contribution in [2.75, 3.05) is 27.2 Å². The van der Waals surface area contributed by atoms with Crippen molar-refractivity contribution in [1.29, 1.82) is 0 Å². The summed E-state index contributed by atoms with van der Waals surface area (Å²) in [6, 6.07) is 1.17. The second-order valence-corrected chi connectivity index (χ2v) is 5.36. The third-order valence-corrected chi connectivity index (χ3v) is 4.30. The summed E-state index contributed by atoms with van der Waals surface area (Å²) in [5.41, 5.74) is 0. The van der Waals surface area contributed by atoms with Gasteiger partial charge in [0, 0.05) is 12.1 Å². The van der Waals surface area contributed by atoms with E-state index < -0.39 is 5.97 Å². The van der Waals surface area contributed by atoms with Crippen LogP contribution in [0.1, 0.15) is 25.7 Å². The van der Waals surface area contributed by atoms with Crippen LogP contribution in [-0.4, -0.2) is 60.1 Å². The zero-order valence-corrected chi connectivity index (χ0v) is 10.2. The van der Waals surface area contributed by atoms with Gasteiger partial charge in [0.05, 0.1) is 5.92 Å². The van der Waals surface area contributed by atoms with Crippen molar-refractivity contribution in [3.05, 3.63) is 0 Å². The lowest BCUT2D eigenvalue weighted by atomic mass is 9.78. The average Bonchev–Trinajstić information content (AvgIpc) is 2.15. The molecule has 1 aliphatic carbocycles. The maximum Gasteiger partial charge on any atom is 0.306 e. The van der Waals surface area contributed by atoms with Gasteiger partial charge < -0.3 is 14.9 Å². The first-order valence-electron chi connectivity index (χ1n) is 6.21. The summed E-state index contributed by atoms with van der Waals surface area (Å²) in [5.74, 6) is -0.702. The van der Waals surface area contributed by atoms with Gasteiger partial charge in [0.2, 0.25) is 0 Å². The zero-order chi connectivity index (χ0) is 11.7. The normalized spacial score (nSPS) is 32.7. The minimum absolute atomic E-state index is 0.0845. The Hall–Kier alpha value is -0.610. The van der Waals surface area contributed by atoms with Gasteiger partial charge in [-0.3, -0.25) is 4.79 Å². The van der Waals surface area contributed by atoms with E-state index in [9.17, 15) is 4.79 Å². The van der Waals surface area contributed by atoms with Crippen molar-refractivity contribution in [2.24, 2.45) is 5.92 Å². The molecule has 0 bridgehead atoms. The van der Waals surface area contributed by atoms with Gasteiger partial charge in [0.25, 0.3) is 0 Å². The Morgan fingerprint density at radius 3 is 2.31 bits per heavy atom. The molecule has 0 aromatic rings. The van der Waals surface area contributed by atoms with E-state index in [0.29, 0.717) is 12.1 Å². The van der Waals surface area contributed by atoms with Crippen molar-refractivity contribution in [3.8, 4) is 0 Å². The lowest BCUT2D eigenvalue weighted by Crippen LogP contribution is -2.52. The largest absolute Gasteiger partial charge is 0.481 e. The standard InChI is InChI=1S/C12H22N2O2/c1-13-5-3-10(4-6-13)14(2)11-7-9(8-11)12(15)16/h9-11H,3-8H2,1-2H3,(H,15,16). The van der Waals surface area contributed by atoms with E-state index in [-0.39, 0.29) is 5.92 Å². The van der Waals surface area contributed by atoms with Gasteiger partial charge in [-0.2, -0.15) is 0 Å². The summed E-state index contributed by atoms with van der Waals surface area (Å²) in [7, 11) is 4.33. The molecule has 0 spiro atoms. The van der Waals surface area contributed by atoms with Gasteiger partial charge in [0.15, 0.2) is 0 Å². The highest BCUT2D eigenvalue weighted by atomic mass is 16.4. The van der Waals surface area contributed by atoms with Crippen molar-refractivity contribution in [1.82, 2.24) is 9.80 Å². The van der Waals surface area contributed by atoms with Crippen LogP contribution in [-0.2, 0) is 4.79 Å². The van der Waals surface area contributed by atoms with E-state index >= 15 is 0 Å². The third-order valence-electron chi connectivity index (χ3n) is 4.30. The Morgan fingerprint density at radius 1 is 1.25 bits per heavy atom. The second kappa shape index (κ2) is 4.72. The minimum Gasteiger partial charge on any atom is -0.481 e. The quantitative estimate of drug-likeness (QED) is 0.775. The molecule has 0 atom stereocenters. The van der Waals surface area contributed by atoms with Gasteiger partial charge in [-0.1, -0.05) is 0 Å². The van der Waals surface area contributed by atoms with Crippen LogP contribution in [0.2, 0.25) is 0 Å². The second-order valence-electron chi connectivity index (χ2n) is 5.36. The van der Waals surface area contributed by atoms with Crippen LogP contribution >= 0.6 is 0 Å². The van der Waals surface area contributed by atoms with Crippen molar-refractivity contribution in [3.63, 3.8) is 0 Å². The summed E-state index contributed by atoms with van der Waals surface area (Å²) in [6.45, 7) is 2.34. The fraction of sp³-hybridized carbons (Fsp3) is 0.917. The van der Waals surface area contributed by atoms with Crippen molar-refractivity contribution >= 4 is 5.97 Å². The maximum atomic E-state index is 10.7. The first kappa shape index (κ1) is 11.9. The number of aliphatic carboxylic acids is 1. The van der Waals surface area contributed by atoms with E-state index in [1.165, 1.54) is 25.9 Å². The predicted octanol–water partition coefficient (Wildman–Crippen LogP) is 0.876. The molecule has 4 nitrogen and oxygen atoms in total. The van der Waals surface area contributed by atoms with E-state index in [1.807, 2.05) is 0 Å². The molecule has 1 aliphatic heterocycles. The van der Waals surface area contributed by atoms with Crippen LogP contribution in [0.25, 0.3) is 0 Å². The number of nitrogens with zero attached hydrogens (tertiary/aromatic N) is 2. The lowest BCUT2D eigenvalue weighted by molar-refractivity contribution is -0.147. The van der Waals surface area contributed by atoms with Crippen LogP contribution in [0.3, 0.4) is 0 Å². The first-order chi connectivity index (χ1) is 7.58. The smallest absolute Gasteiger partial charge is 0.306 e. The molecule has 0 unspecified atom stereocenters. The molecule has 0 amide bonds. The molecular weight excluding hydrogens is 204 g/mol. The van der Waals surface area contributed by atoms with Crippen LogP contribution < -0.4 is 0 Å². The van der Waals surface area contributed by atoms with Gasteiger partial charge in [-0.15, -0.1) is 0 Å². The third kappa shape index (κ3) is 2.38. The fourth-order valence-corrected chi connectivity index (χ4v) is 2.82. The average molecular weight is 226 g/mol. The number of carboxylic acid groups (broad SMARTS) is 1. The topological polar surface area (TPSA) is 43.8 Å². The Morgan fingerprint density at radius 2 is 1.81 bits per heavy atom. The number of carbonyl (C=O) groups is 1. The summed E-state index contributed by atoms with van der Waals surface area (Å²) in [6.07, 6.45) is 4.14. The van der Waals surface area contributed by atoms with Gasteiger partial charge in [-0.05, 0) is 52.9 Å². The molecule has 1 saturated heterocycles. The number of hydrogen-bond donors (Lipinski definition) is 1. The van der Waals surface area contributed by atoms with Crippen molar-refractivity contribution in [2.45, 2.75) is 37.8 Å². The van der Waals surface area contributed by atoms with E-state index in [0.717, 1.165) is 12.8 Å². The number of carboxylic acids is 1. The molecule has 1 saturated carbocycles. The highest BCUT2D eigenvalue weighted by Gasteiger charge is 2.39. The Labute approximate surface area is 97.2 Å². The van der Waals surface area contributed by atoms with Crippen LogP contribution in [0.15, 0.2) is 0 Å². The first-order valence-corrected chi connectivity index (χ1v) is 6.21. The molecule has 2 rings (SSSR count). The molecule has 0 aromatic carbocycles.